The Balaban J connectivity index is 2.02. The molecule has 1 heterocycles. The van der Waals surface area contributed by atoms with E-state index in [4.69, 9.17) is 25.2 Å². The fourth-order valence-electron chi connectivity index (χ4n) is 4.70. The van der Waals surface area contributed by atoms with Gasteiger partial charge in [0.15, 0.2) is 5.60 Å². The van der Waals surface area contributed by atoms with Crippen molar-refractivity contribution in [1.82, 2.24) is 0 Å². The zero-order chi connectivity index (χ0) is 24.0. The number of rotatable bonds is 5. The number of amidine groups is 1. The second kappa shape index (κ2) is 8.24. The monoisotopic (exact) mass is 449 g/mol. The van der Waals surface area contributed by atoms with Crippen LogP contribution >= 0.6 is 0 Å². The number of benzene rings is 2. The van der Waals surface area contributed by atoms with Gasteiger partial charge in [0.2, 0.25) is 5.66 Å². The first-order valence-electron chi connectivity index (χ1n) is 10.7. The molecule has 0 aromatic heterocycles. The summed E-state index contributed by atoms with van der Waals surface area (Å²) in [5.41, 5.74) is 7.40. The van der Waals surface area contributed by atoms with Crippen molar-refractivity contribution in [2.45, 2.75) is 38.1 Å². The standard InChI is InChI=1S/C26H28FN3O3/c1-15-12-18(13-16(2)23(15)32-4)26(29-17(3)24(28)30-26)25(33-5)11-10-22(31)20(14-25)19-8-6-7-9-21(19)27/h6-14,22,31H,1-5H3,(H2,28,30). The van der Waals surface area contributed by atoms with Gasteiger partial charge in [0.05, 0.1) is 18.9 Å². The average molecular weight is 450 g/mol. The molecule has 0 bridgehead atoms. The lowest BCUT2D eigenvalue weighted by Crippen LogP contribution is -2.49. The van der Waals surface area contributed by atoms with E-state index in [0.717, 1.165) is 22.4 Å². The largest absolute Gasteiger partial charge is 0.496 e. The van der Waals surface area contributed by atoms with Gasteiger partial charge >= 0.3 is 0 Å². The summed E-state index contributed by atoms with van der Waals surface area (Å²) in [6, 6.07) is 10.2. The SMILES string of the molecule is COc1c(C)cc(C2(C3(OC)C=CC(O)C(c4ccccc4F)=C3)N=C(C)C(N)=N2)cc1C. The predicted molar refractivity (Wildman–Crippen MR) is 128 cm³/mol. The number of halogens is 1. The Bertz CT molecular complexity index is 1190. The number of aryl methyl sites for hydroxylation is 2. The fraction of sp³-hybridized carbons (Fsp3) is 0.308. The van der Waals surface area contributed by atoms with Crippen molar-refractivity contribution in [2.24, 2.45) is 15.7 Å². The molecule has 172 valence electrons. The molecule has 4 rings (SSSR count). The lowest BCUT2D eigenvalue weighted by molar-refractivity contribution is 0.00673. The molecular weight excluding hydrogens is 421 g/mol. The Morgan fingerprint density at radius 3 is 2.27 bits per heavy atom. The van der Waals surface area contributed by atoms with Crippen molar-refractivity contribution in [3.8, 4) is 5.75 Å². The van der Waals surface area contributed by atoms with Crippen LogP contribution in [0, 0.1) is 19.7 Å². The zero-order valence-electron chi connectivity index (χ0n) is 19.4. The molecule has 0 saturated heterocycles. The highest BCUT2D eigenvalue weighted by Crippen LogP contribution is 2.49. The van der Waals surface area contributed by atoms with E-state index in [0.29, 0.717) is 11.3 Å². The molecule has 0 saturated carbocycles. The molecule has 3 atom stereocenters. The molecule has 0 radical (unpaired) electrons. The van der Waals surface area contributed by atoms with Crippen LogP contribution < -0.4 is 10.5 Å². The Hall–Kier alpha value is -3.29. The number of aliphatic hydroxyl groups excluding tert-OH is 1. The van der Waals surface area contributed by atoms with E-state index < -0.39 is 23.2 Å². The third kappa shape index (κ3) is 3.48. The summed E-state index contributed by atoms with van der Waals surface area (Å²) in [5.74, 6) is 0.619. The van der Waals surface area contributed by atoms with E-state index in [2.05, 4.69) is 0 Å². The second-order valence-corrected chi connectivity index (χ2v) is 8.39. The van der Waals surface area contributed by atoms with Gasteiger partial charge in [-0.3, -0.25) is 0 Å². The van der Waals surface area contributed by atoms with Crippen molar-refractivity contribution in [2.75, 3.05) is 14.2 Å². The highest BCUT2D eigenvalue weighted by atomic mass is 19.1. The van der Waals surface area contributed by atoms with E-state index in [9.17, 15) is 9.50 Å². The van der Waals surface area contributed by atoms with Crippen molar-refractivity contribution < 1.29 is 19.0 Å². The maximum atomic E-state index is 14.7. The molecular formula is C26H28FN3O3. The normalized spacial score (nSPS) is 26.6. The van der Waals surface area contributed by atoms with Crippen LogP contribution in [0.1, 0.15) is 29.2 Å². The van der Waals surface area contributed by atoms with Gasteiger partial charge in [-0.1, -0.05) is 24.3 Å². The molecule has 7 heteroatoms. The molecule has 2 aromatic rings. The summed E-state index contributed by atoms with van der Waals surface area (Å²) >= 11 is 0. The van der Waals surface area contributed by atoms with Crippen LogP contribution in [0.15, 0.2) is 64.6 Å². The van der Waals surface area contributed by atoms with E-state index >= 15 is 0 Å². The average Bonchev–Trinajstić information content (AvgIpc) is 3.10. The smallest absolute Gasteiger partial charge is 0.214 e. The first-order chi connectivity index (χ1) is 15.7. The van der Waals surface area contributed by atoms with Crippen molar-refractivity contribution in [1.29, 1.82) is 0 Å². The van der Waals surface area contributed by atoms with Gasteiger partial charge < -0.3 is 20.3 Å². The van der Waals surface area contributed by atoms with Crippen LogP contribution in [-0.4, -0.2) is 42.6 Å². The lowest BCUT2D eigenvalue weighted by Gasteiger charge is -2.42. The van der Waals surface area contributed by atoms with Crippen molar-refractivity contribution in [3.05, 3.63) is 82.7 Å². The number of ether oxygens (including phenoxy) is 2. The Labute approximate surface area is 193 Å². The Morgan fingerprint density at radius 2 is 1.73 bits per heavy atom. The minimum atomic E-state index is -1.31. The summed E-state index contributed by atoms with van der Waals surface area (Å²) in [6.07, 6.45) is 3.97. The molecule has 1 aliphatic carbocycles. The highest BCUT2D eigenvalue weighted by molar-refractivity contribution is 6.41. The van der Waals surface area contributed by atoms with Gasteiger partial charge in [0.1, 0.15) is 17.4 Å². The Kier molecular flexibility index (Phi) is 5.72. The van der Waals surface area contributed by atoms with Crippen molar-refractivity contribution in [3.63, 3.8) is 0 Å². The summed E-state index contributed by atoms with van der Waals surface area (Å²) in [4.78, 5) is 9.71. The van der Waals surface area contributed by atoms with Crippen LogP contribution in [0.3, 0.4) is 0 Å². The summed E-state index contributed by atoms with van der Waals surface area (Å²) in [7, 11) is 3.17. The van der Waals surface area contributed by atoms with E-state index in [1.54, 1.807) is 50.5 Å². The summed E-state index contributed by atoms with van der Waals surface area (Å²) in [5, 5.41) is 10.7. The third-order valence-corrected chi connectivity index (χ3v) is 6.33. The zero-order valence-corrected chi connectivity index (χ0v) is 19.4. The van der Waals surface area contributed by atoms with Gasteiger partial charge in [-0.05, 0) is 67.8 Å². The van der Waals surface area contributed by atoms with Gasteiger partial charge in [-0.2, -0.15) is 0 Å². The molecule has 1 aliphatic heterocycles. The van der Waals surface area contributed by atoms with Gasteiger partial charge in [0, 0.05) is 18.2 Å². The number of aliphatic hydroxyl groups is 1. The van der Waals surface area contributed by atoms with Crippen LogP contribution in [0.25, 0.3) is 5.57 Å². The molecule has 33 heavy (non-hydrogen) atoms. The molecule has 6 nitrogen and oxygen atoms in total. The minimum absolute atomic E-state index is 0.281. The first kappa shape index (κ1) is 22.9. The molecule has 2 aromatic carbocycles. The number of hydrogen-bond donors (Lipinski definition) is 2. The molecule has 3 unspecified atom stereocenters. The lowest BCUT2D eigenvalue weighted by atomic mass is 9.75. The molecule has 2 aliphatic rings. The number of aliphatic imine (C=N–C) groups is 2. The van der Waals surface area contributed by atoms with Crippen molar-refractivity contribution >= 4 is 17.1 Å². The number of nitrogens with zero attached hydrogens (tertiary/aromatic N) is 2. The maximum absolute atomic E-state index is 14.7. The third-order valence-electron chi connectivity index (χ3n) is 6.33. The van der Waals surface area contributed by atoms with Gasteiger partial charge in [-0.25, -0.2) is 14.4 Å². The first-order valence-corrected chi connectivity index (χ1v) is 10.7. The topological polar surface area (TPSA) is 89.4 Å². The fourth-order valence-corrected chi connectivity index (χ4v) is 4.70. The maximum Gasteiger partial charge on any atom is 0.214 e. The highest BCUT2D eigenvalue weighted by Gasteiger charge is 2.55. The number of nitrogens with two attached hydrogens (primary N) is 1. The van der Waals surface area contributed by atoms with Gasteiger partial charge in [0.25, 0.3) is 0 Å². The minimum Gasteiger partial charge on any atom is -0.496 e. The number of hydrogen-bond acceptors (Lipinski definition) is 6. The summed E-state index contributed by atoms with van der Waals surface area (Å²) in [6.45, 7) is 5.68. The molecule has 3 N–H and O–H groups in total. The van der Waals surface area contributed by atoms with E-state index in [1.807, 2.05) is 26.0 Å². The predicted octanol–water partition coefficient (Wildman–Crippen LogP) is 3.84. The van der Waals surface area contributed by atoms with Crippen LogP contribution in [0.4, 0.5) is 4.39 Å². The molecule has 0 fully saturated rings. The van der Waals surface area contributed by atoms with Crippen LogP contribution in [-0.2, 0) is 10.4 Å². The quantitative estimate of drug-likeness (QED) is 0.679. The van der Waals surface area contributed by atoms with Gasteiger partial charge in [-0.15, -0.1) is 0 Å². The number of methoxy groups -OCH3 is 2. The molecule has 0 amide bonds. The Morgan fingerprint density at radius 1 is 1.06 bits per heavy atom. The van der Waals surface area contributed by atoms with Crippen LogP contribution in [0.5, 0.6) is 5.75 Å². The molecule has 0 spiro atoms. The van der Waals surface area contributed by atoms with E-state index in [1.165, 1.54) is 13.2 Å². The van der Waals surface area contributed by atoms with Crippen LogP contribution in [0.2, 0.25) is 0 Å². The van der Waals surface area contributed by atoms with E-state index in [-0.39, 0.29) is 11.4 Å². The second-order valence-electron chi connectivity index (χ2n) is 8.39. The summed E-state index contributed by atoms with van der Waals surface area (Å²) < 4.78 is 26.3.